The van der Waals surface area contributed by atoms with Gasteiger partial charge in [-0.1, -0.05) is 12.1 Å². The van der Waals surface area contributed by atoms with Gasteiger partial charge in [-0.05, 0) is 43.3 Å². The van der Waals surface area contributed by atoms with E-state index in [0.29, 0.717) is 16.9 Å². The molecule has 0 radical (unpaired) electrons. The van der Waals surface area contributed by atoms with E-state index in [1.54, 1.807) is 24.3 Å². The number of nitrogens with zero attached hydrogens (tertiary/aromatic N) is 2. The van der Waals surface area contributed by atoms with Crippen LogP contribution in [-0.4, -0.2) is 15.3 Å². The molecule has 2 aromatic carbocycles. The Labute approximate surface area is 141 Å². The number of benzene rings is 2. The van der Waals surface area contributed by atoms with Crippen LogP contribution in [0.25, 0.3) is 11.5 Å². The Morgan fingerprint density at radius 2 is 1.72 bits per heavy atom. The molecule has 0 saturated heterocycles. The second-order valence-corrected chi connectivity index (χ2v) is 5.37. The lowest BCUT2D eigenvalue weighted by Crippen LogP contribution is -2.04. The van der Waals surface area contributed by atoms with Gasteiger partial charge in [0.2, 0.25) is 11.8 Å². The summed E-state index contributed by atoms with van der Waals surface area (Å²) in [4.78, 5) is 0. The maximum Gasteiger partial charge on any atom is 0.416 e. The van der Waals surface area contributed by atoms with Crippen molar-refractivity contribution in [3.05, 3.63) is 60.0 Å². The highest BCUT2D eigenvalue weighted by Gasteiger charge is 2.30. The van der Waals surface area contributed by atoms with Crippen LogP contribution in [0.1, 0.15) is 24.5 Å². The van der Waals surface area contributed by atoms with E-state index in [2.05, 4.69) is 15.5 Å². The molecule has 0 spiro atoms. The number of anilines is 2. The SMILES string of the molecule is CC(O)c1nnc(-c2ccccc2Nc2ccc(C(F)(F)F)cc2)o1. The van der Waals surface area contributed by atoms with Crippen molar-refractivity contribution < 1.29 is 22.7 Å². The molecule has 1 aromatic heterocycles. The van der Waals surface area contributed by atoms with Gasteiger partial charge >= 0.3 is 6.18 Å². The summed E-state index contributed by atoms with van der Waals surface area (Å²) >= 11 is 0. The molecule has 0 aliphatic rings. The van der Waals surface area contributed by atoms with Crippen LogP contribution in [0.3, 0.4) is 0 Å². The van der Waals surface area contributed by atoms with Gasteiger partial charge in [0.05, 0.1) is 16.8 Å². The minimum Gasteiger partial charge on any atom is -0.418 e. The number of aliphatic hydroxyl groups is 1. The molecule has 0 saturated carbocycles. The first-order chi connectivity index (χ1) is 11.8. The summed E-state index contributed by atoms with van der Waals surface area (Å²) in [7, 11) is 0. The third kappa shape index (κ3) is 3.80. The largest absolute Gasteiger partial charge is 0.418 e. The van der Waals surface area contributed by atoms with E-state index in [4.69, 9.17) is 4.42 Å². The van der Waals surface area contributed by atoms with Crippen LogP contribution in [0.15, 0.2) is 52.9 Å². The monoisotopic (exact) mass is 349 g/mol. The van der Waals surface area contributed by atoms with Crippen molar-refractivity contribution in [3.8, 4) is 11.5 Å². The fourth-order valence-electron chi connectivity index (χ4n) is 2.19. The van der Waals surface area contributed by atoms with Crippen LogP contribution < -0.4 is 5.32 Å². The Balaban J connectivity index is 1.88. The Hall–Kier alpha value is -2.87. The minimum atomic E-state index is -4.38. The molecule has 0 aliphatic carbocycles. The zero-order valence-corrected chi connectivity index (χ0v) is 13.1. The van der Waals surface area contributed by atoms with Crippen LogP contribution in [0, 0.1) is 0 Å². The highest BCUT2D eigenvalue weighted by atomic mass is 19.4. The zero-order valence-electron chi connectivity index (χ0n) is 13.1. The number of para-hydroxylation sites is 1. The molecule has 2 N–H and O–H groups in total. The molecule has 130 valence electrons. The van der Waals surface area contributed by atoms with E-state index in [0.717, 1.165) is 12.1 Å². The number of hydrogen-bond acceptors (Lipinski definition) is 5. The summed E-state index contributed by atoms with van der Waals surface area (Å²) in [6.07, 6.45) is -5.27. The molecule has 3 aromatic rings. The van der Waals surface area contributed by atoms with Gasteiger partial charge in [-0.25, -0.2) is 0 Å². The summed E-state index contributed by atoms with van der Waals surface area (Å²) < 4.78 is 43.3. The highest BCUT2D eigenvalue weighted by Crippen LogP contribution is 2.32. The van der Waals surface area contributed by atoms with Gasteiger partial charge in [0.25, 0.3) is 0 Å². The first-order valence-corrected chi connectivity index (χ1v) is 7.40. The topological polar surface area (TPSA) is 71.2 Å². The molecule has 0 aliphatic heterocycles. The van der Waals surface area contributed by atoms with Crippen molar-refractivity contribution >= 4 is 11.4 Å². The molecular weight excluding hydrogens is 335 g/mol. The summed E-state index contributed by atoms with van der Waals surface area (Å²) in [6, 6.07) is 11.7. The van der Waals surface area contributed by atoms with Gasteiger partial charge in [0, 0.05) is 5.69 Å². The van der Waals surface area contributed by atoms with Crippen molar-refractivity contribution in [2.24, 2.45) is 0 Å². The van der Waals surface area contributed by atoms with Crippen LogP contribution >= 0.6 is 0 Å². The maximum absolute atomic E-state index is 12.6. The lowest BCUT2D eigenvalue weighted by molar-refractivity contribution is -0.137. The average molecular weight is 349 g/mol. The van der Waals surface area contributed by atoms with Crippen molar-refractivity contribution in [1.29, 1.82) is 0 Å². The van der Waals surface area contributed by atoms with Crippen LogP contribution in [0.4, 0.5) is 24.5 Å². The Bertz CT molecular complexity index is 858. The van der Waals surface area contributed by atoms with E-state index in [9.17, 15) is 18.3 Å². The second kappa shape index (κ2) is 6.56. The average Bonchev–Trinajstić information content (AvgIpc) is 3.05. The molecular formula is C17H14F3N3O2. The second-order valence-electron chi connectivity index (χ2n) is 5.37. The van der Waals surface area contributed by atoms with Gasteiger partial charge in [0.15, 0.2) is 0 Å². The summed E-state index contributed by atoms with van der Waals surface area (Å²) in [6.45, 7) is 1.50. The normalized spacial score (nSPS) is 12.8. The summed E-state index contributed by atoms with van der Waals surface area (Å²) in [5.41, 5.74) is 0.922. The summed E-state index contributed by atoms with van der Waals surface area (Å²) in [5, 5.41) is 20.2. The number of nitrogens with one attached hydrogen (secondary N) is 1. The fourth-order valence-corrected chi connectivity index (χ4v) is 2.19. The predicted molar refractivity (Wildman–Crippen MR) is 85.1 cm³/mol. The van der Waals surface area contributed by atoms with E-state index in [1.165, 1.54) is 19.1 Å². The Morgan fingerprint density at radius 3 is 2.32 bits per heavy atom. The third-order valence-electron chi connectivity index (χ3n) is 3.45. The molecule has 25 heavy (non-hydrogen) atoms. The molecule has 0 amide bonds. The van der Waals surface area contributed by atoms with Crippen molar-refractivity contribution in [2.45, 2.75) is 19.2 Å². The van der Waals surface area contributed by atoms with Gasteiger partial charge in [-0.3, -0.25) is 0 Å². The Morgan fingerprint density at radius 1 is 1.04 bits per heavy atom. The standard InChI is InChI=1S/C17H14F3N3O2/c1-10(24)15-22-23-16(25-15)13-4-2-3-5-14(13)21-12-8-6-11(7-9-12)17(18,19)20/h2-10,21,24H,1H3. The molecule has 1 atom stereocenters. The number of alkyl halides is 3. The quantitative estimate of drug-likeness (QED) is 0.723. The van der Waals surface area contributed by atoms with Crippen molar-refractivity contribution in [2.75, 3.05) is 5.32 Å². The molecule has 8 heteroatoms. The molecule has 1 heterocycles. The minimum absolute atomic E-state index is 0.0827. The zero-order chi connectivity index (χ0) is 18.0. The predicted octanol–water partition coefficient (Wildman–Crippen LogP) is 4.55. The third-order valence-corrected chi connectivity index (χ3v) is 3.45. The number of aliphatic hydroxyl groups excluding tert-OH is 1. The van der Waals surface area contributed by atoms with Gasteiger partial charge < -0.3 is 14.8 Å². The van der Waals surface area contributed by atoms with Gasteiger partial charge in [0.1, 0.15) is 6.10 Å². The number of rotatable bonds is 4. The van der Waals surface area contributed by atoms with Gasteiger partial charge in [-0.2, -0.15) is 13.2 Å². The lowest BCUT2D eigenvalue weighted by Gasteiger charge is -2.11. The molecule has 0 fully saturated rings. The molecule has 1 unspecified atom stereocenters. The van der Waals surface area contributed by atoms with Crippen molar-refractivity contribution in [3.63, 3.8) is 0 Å². The van der Waals surface area contributed by atoms with E-state index in [1.807, 2.05) is 0 Å². The van der Waals surface area contributed by atoms with Gasteiger partial charge in [-0.15, -0.1) is 10.2 Å². The fraction of sp³-hybridized carbons (Fsp3) is 0.176. The summed E-state index contributed by atoms with van der Waals surface area (Å²) in [5.74, 6) is 0.283. The maximum atomic E-state index is 12.6. The lowest BCUT2D eigenvalue weighted by atomic mass is 10.1. The number of halogens is 3. The van der Waals surface area contributed by atoms with Crippen LogP contribution in [0.5, 0.6) is 0 Å². The first kappa shape index (κ1) is 17.0. The number of hydrogen-bond donors (Lipinski definition) is 2. The molecule has 3 rings (SSSR count). The van der Waals surface area contributed by atoms with E-state index < -0.39 is 17.8 Å². The molecule has 5 nitrogen and oxygen atoms in total. The van der Waals surface area contributed by atoms with Crippen LogP contribution in [-0.2, 0) is 6.18 Å². The smallest absolute Gasteiger partial charge is 0.416 e. The Kier molecular flexibility index (Phi) is 4.45. The van der Waals surface area contributed by atoms with E-state index >= 15 is 0 Å². The van der Waals surface area contributed by atoms with Crippen LogP contribution in [0.2, 0.25) is 0 Å². The number of aromatic nitrogens is 2. The highest BCUT2D eigenvalue weighted by molar-refractivity contribution is 5.76. The molecule has 0 bridgehead atoms. The first-order valence-electron chi connectivity index (χ1n) is 7.40. The van der Waals surface area contributed by atoms with Crippen molar-refractivity contribution in [1.82, 2.24) is 10.2 Å². The van der Waals surface area contributed by atoms with E-state index in [-0.39, 0.29) is 11.8 Å².